The van der Waals surface area contributed by atoms with Gasteiger partial charge in [-0.2, -0.15) is 0 Å². The number of likely N-dealkylation sites (N-methyl/N-ethyl adjacent to an activating group) is 1. The zero-order valence-corrected chi connectivity index (χ0v) is 17.3. The highest BCUT2D eigenvalue weighted by molar-refractivity contribution is 7.99. The van der Waals surface area contributed by atoms with Crippen molar-refractivity contribution < 1.29 is 9.59 Å². The molecule has 0 aliphatic carbocycles. The van der Waals surface area contributed by atoms with Crippen molar-refractivity contribution in [3.8, 4) is 11.3 Å². The van der Waals surface area contributed by atoms with Crippen LogP contribution in [0.15, 0.2) is 41.6 Å². The summed E-state index contributed by atoms with van der Waals surface area (Å²) in [5.74, 6) is -0.145. The maximum absolute atomic E-state index is 12.3. The number of aromatic nitrogens is 2. The standard InChI is InChI=1S/C20H26N4O2S/c1-14-11-16(15-9-7-6-8-10-15)22-19(21-14)27-13-18(26)24(5)12-17(25)23-20(2,3)4/h6-11H,12-13H2,1-5H3,(H,23,25). The van der Waals surface area contributed by atoms with Crippen molar-refractivity contribution >= 4 is 23.6 Å². The van der Waals surface area contributed by atoms with E-state index in [-0.39, 0.29) is 29.7 Å². The van der Waals surface area contributed by atoms with E-state index in [1.807, 2.05) is 64.1 Å². The van der Waals surface area contributed by atoms with Gasteiger partial charge in [0.1, 0.15) is 0 Å². The van der Waals surface area contributed by atoms with Gasteiger partial charge >= 0.3 is 0 Å². The van der Waals surface area contributed by atoms with Crippen molar-refractivity contribution in [2.75, 3.05) is 19.3 Å². The van der Waals surface area contributed by atoms with Crippen molar-refractivity contribution in [3.05, 3.63) is 42.1 Å². The highest BCUT2D eigenvalue weighted by Crippen LogP contribution is 2.21. The van der Waals surface area contributed by atoms with Gasteiger partial charge in [-0.1, -0.05) is 42.1 Å². The van der Waals surface area contributed by atoms with Gasteiger partial charge in [0.15, 0.2) is 5.16 Å². The van der Waals surface area contributed by atoms with E-state index in [1.54, 1.807) is 7.05 Å². The second kappa shape index (κ2) is 8.99. The van der Waals surface area contributed by atoms with Gasteiger partial charge in [-0.05, 0) is 33.8 Å². The molecule has 1 aromatic heterocycles. The Morgan fingerprint density at radius 1 is 1.15 bits per heavy atom. The van der Waals surface area contributed by atoms with Gasteiger partial charge in [0.05, 0.1) is 18.0 Å². The number of aryl methyl sites for hydroxylation is 1. The second-order valence-corrected chi connectivity index (χ2v) is 8.32. The molecule has 0 bridgehead atoms. The molecule has 0 unspecified atom stereocenters. The summed E-state index contributed by atoms with van der Waals surface area (Å²) in [7, 11) is 1.62. The second-order valence-electron chi connectivity index (χ2n) is 7.38. The number of hydrogen-bond acceptors (Lipinski definition) is 5. The average molecular weight is 387 g/mol. The van der Waals surface area contributed by atoms with E-state index >= 15 is 0 Å². The first kappa shape index (κ1) is 20.9. The van der Waals surface area contributed by atoms with Gasteiger partial charge in [-0.3, -0.25) is 9.59 Å². The van der Waals surface area contributed by atoms with Crippen molar-refractivity contribution in [1.29, 1.82) is 0 Å². The highest BCUT2D eigenvalue weighted by atomic mass is 32.2. The lowest BCUT2D eigenvalue weighted by Gasteiger charge is -2.23. The maximum Gasteiger partial charge on any atom is 0.240 e. The van der Waals surface area contributed by atoms with Gasteiger partial charge in [-0.25, -0.2) is 9.97 Å². The van der Waals surface area contributed by atoms with Gasteiger partial charge in [-0.15, -0.1) is 0 Å². The van der Waals surface area contributed by atoms with Crippen LogP contribution in [0.25, 0.3) is 11.3 Å². The molecule has 2 aromatic rings. The van der Waals surface area contributed by atoms with Gasteiger partial charge in [0.25, 0.3) is 0 Å². The Morgan fingerprint density at radius 2 is 1.81 bits per heavy atom. The van der Waals surface area contributed by atoms with Crippen LogP contribution in [0.3, 0.4) is 0 Å². The lowest BCUT2D eigenvalue weighted by molar-refractivity contribution is -0.133. The molecule has 0 radical (unpaired) electrons. The molecule has 0 saturated carbocycles. The topological polar surface area (TPSA) is 75.2 Å². The van der Waals surface area contributed by atoms with Crippen LogP contribution in [-0.2, 0) is 9.59 Å². The van der Waals surface area contributed by atoms with E-state index < -0.39 is 0 Å². The normalized spacial score (nSPS) is 11.1. The Labute approximate surface area is 164 Å². The molecule has 1 aromatic carbocycles. The molecule has 0 aliphatic heterocycles. The number of nitrogens with one attached hydrogen (secondary N) is 1. The van der Waals surface area contributed by atoms with Crippen LogP contribution in [0, 0.1) is 6.92 Å². The average Bonchev–Trinajstić information content (AvgIpc) is 2.58. The molecule has 144 valence electrons. The molecule has 2 rings (SSSR count). The Hall–Kier alpha value is -2.41. The number of benzene rings is 1. The van der Waals surface area contributed by atoms with E-state index in [0.29, 0.717) is 5.16 Å². The molecule has 0 saturated heterocycles. The SMILES string of the molecule is Cc1cc(-c2ccccc2)nc(SCC(=O)N(C)CC(=O)NC(C)(C)C)n1. The van der Waals surface area contributed by atoms with Crippen molar-refractivity contribution in [3.63, 3.8) is 0 Å². The number of hydrogen-bond donors (Lipinski definition) is 1. The molecule has 0 spiro atoms. The molecule has 1 N–H and O–H groups in total. The lowest BCUT2D eigenvalue weighted by Crippen LogP contribution is -2.46. The summed E-state index contributed by atoms with van der Waals surface area (Å²) in [5, 5.41) is 3.40. The third-order valence-corrected chi connectivity index (χ3v) is 4.38. The minimum atomic E-state index is -0.320. The molecule has 1 heterocycles. The van der Waals surface area contributed by atoms with E-state index in [1.165, 1.54) is 16.7 Å². The molecular formula is C20H26N4O2S. The zero-order chi connectivity index (χ0) is 20.0. The lowest BCUT2D eigenvalue weighted by atomic mass is 10.1. The monoisotopic (exact) mass is 386 g/mol. The van der Waals surface area contributed by atoms with Crippen LogP contribution in [0.2, 0.25) is 0 Å². The Balaban J connectivity index is 1.97. The molecule has 27 heavy (non-hydrogen) atoms. The fourth-order valence-electron chi connectivity index (χ4n) is 2.36. The molecule has 7 heteroatoms. The molecular weight excluding hydrogens is 360 g/mol. The van der Waals surface area contributed by atoms with Crippen LogP contribution >= 0.6 is 11.8 Å². The summed E-state index contributed by atoms with van der Waals surface area (Å²) in [6.45, 7) is 7.65. The Kier molecular flexibility index (Phi) is 6.96. The summed E-state index contributed by atoms with van der Waals surface area (Å²) in [6.07, 6.45) is 0. The summed E-state index contributed by atoms with van der Waals surface area (Å²) >= 11 is 1.27. The number of nitrogens with zero attached hydrogens (tertiary/aromatic N) is 3. The maximum atomic E-state index is 12.3. The smallest absolute Gasteiger partial charge is 0.240 e. The van der Waals surface area contributed by atoms with Gasteiger partial charge in [0.2, 0.25) is 11.8 Å². The zero-order valence-electron chi connectivity index (χ0n) is 16.4. The highest BCUT2D eigenvalue weighted by Gasteiger charge is 2.18. The number of rotatable bonds is 6. The predicted molar refractivity (Wildman–Crippen MR) is 108 cm³/mol. The third-order valence-electron chi connectivity index (χ3n) is 3.55. The molecule has 0 atom stereocenters. The number of thioether (sulfide) groups is 1. The Bertz CT molecular complexity index is 803. The first-order valence-corrected chi connectivity index (χ1v) is 9.71. The van der Waals surface area contributed by atoms with Gasteiger partial charge in [0, 0.05) is 23.8 Å². The fourth-order valence-corrected chi connectivity index (χ4v) is 3.20. The summed E-state index contributed by atoms with van der Waals surface area (Å²) in [5.41, 5.74) is 2.36. The summed E-state index contributed by atoms with van der Waals surface area (Å²) < 4.78 is 0. The van der Waals surface area contributed by atoms with Crippen molar-refractivity contribution in [2.24, 2.45) is 0 Å². The van der Waals surface area contributed by atoms with Crippen molar-refractivity contribution in [2.45, 2.75) is 38.4 Å². The van der Waals surface area contributed by atoms with E-state index in [4.69, 9.17) is 0 Å². The van der Waals surface area contributed by atoms with E-state index in [2.05, 4.69) is 15.3 Å². The quantitative estimate of drug-likeness (QED) is 0.610. The van der Waals surface area contributed by atoms with Gasteiger partial charge < -0.3 is 10.2 Å². The molecule has 2 amide bonds. The first-order valence-electron chi connectivity index (χ1n) is 8.73. The fraction of sp³-hybridized carbons (Fsp3) is 0.400. The molecule has 0 fully saturated rings. The van der Waals surface area contributed by atoms with Crippen LogP contribution < -0.4 is 5.32 Å². The minimum absolute atomic E-state index is 0.0284. The van der Waals surface area contributed by atoms with Crippen LogP contribution in [0.5, 0.6) is 0 Å². The van der Waals surface area contributed by atoms with E-state index in [0.717, 1.165) is 17.0 Å². The third kappa shape index (κ3) is 7.02. The summed E-state index contributed by atoms with van der Waals surface area (Å²) in [4.78, 5) is 34.7. The predicted octanol–water partition coefficient (Wildman–Crippen LogP) is 2.92. The van der Waals surface area contributed by atoms with Crippen LogP contribution in [-0.4, -0.2) is 51.6 Å². The molecule has 6 nitrogen and oxygen atoms in total. The number of amides is 2. The largest absolute Gasteiger partial charge is 0.350 e. The molecule has 0 aliphatic rings. The number of carbonyl (C=O) groups excluding carboxylic acids is 2. The number of carbonyl (C=O) groups is 2. The minimum Gasteiger partial charge on any atom is -0.350 e. The van der Waals surface area contributed by atoms with Crippen LogP contribution in [0.1, 0.15) is 26.5 Å². The summed E-state index contributed by atoms with van der Waals surface area (Å²) in [6, 6.07) is 11.8. The van der Waals surface area contributed by atoms with Crippen LogP contribution in [0.4, 0.5) is 0 Å². The first-order chi connectivity index (χ1) is 12.6. The Morgan fingerprint density at radius 3 is 2.44 bits per heavy atom. The van der Waals surface area contributed by atoms with Crippen molar-refractivity contribution in [1.82, 2.24) is 20.2 Å². The van der Waals surface area contributed by atoms with E-state index in [9.17, 15) is 9.59 Å².